The lowest BCUT2D eigenvalue weighted by Crippen LogP contribution is -2.24. The average molecular weight is 375 g/mol. The maximum absolute atomic E-state index is 14.1. The summed E-state index contributed by atoms with van der Waals surface area (Å²) in [5, 5.41) is 8.24. The van der Waals surface area contributed by atoms with E-state index in [0.29, 0.717) is 17.1 Å². The van der Waals surface area contributed by atoms with E-state index in [1.807, 2.05) is 19.9 Å². The number of nitrogens with one attached hydrogen (secondary N) is 1. The Kier molecular flexibility index (Phi) is 5.41. The van der Waals surface area contributed by atoms with Crippen LogP contribution in [0.15, 0.2) is 22.7 Å². The second kappa shape index (κ2) is 6.90. The lowest BCUT2D eigenvalue weighted by molar-refractivity contribution is 0.509. The fraction of sp³-hybridized carbons (Fsp3) is 0.400. The van der Waals surface area contributed by atoms with Crippen molar-refractivity contribution in [1.29, 1.82) is 0 Å². The average Bonchev–Trinajstić information content (AvgIpc) is 2.67. The van der Waals surface area contributed by atoms with E-state index >= 15 is 0 Å². The monoisotopic (exact) mass is 373 g/mol. The quantitative estimate of drug-likeness (QED) is 0.851. The van der Waals surface area contributed by atoms with Gasteiger partial charge in [-0.15, -0.1) is 0 Å². The van der Waals surface area contributed by atoms with E-state index in [1.54, 1.807) is 17.8 Å². The van der Waals surface area contributed by atoms with Crippen LogP contribution in [0.4, 0.5) is 4.39 Å². The first-order chi connectivity index (χ1) is 9.93. The molecule has 0 bridgehead atoms. The molecule has 0 fully saturated rings. The van der Waals surface area contributed by atoms with Crippen molar-refractivity contribution in [2.24, 2.45) is 7.05 Å². The molecule has 1 heterocycles. The Balaban J connectivity index is 2.37. The van der Waals surface area contributed by atoms with Gasteiger partial charge in [-0.2, -0.15) is 5.10 Å². The highest BCUT2D eigenvalue weighted by molar-refractivity contribution is 9.10. The van der Waals surface area contributed by atoms with Crippen LogP contribution >= 0.6 is 27.5 Å². The lowest BCUT2D eigenvalue weighted by Gasteiger charge is -2.19. The third-order valence-corrected chi connectivity index (χ3v) is 4.43. The summed E-state index contributed by atoms with van der Waals surface area (Å²) in [5.41, 5.74) is 2.45. The summed E-state index contributed by atoms with van der Waals surface area (Å²) >= 11 is 9.68. The summed E-state index contributed by atoms with van der Waals surface area (Å²) < 4.78 is 16.6. The molecule has 0 saturated carbocycles. The largest absolute Gasteiger partial charge is 0.310 e. The summed E-state index contributed by atoms with van der Waals surface area (Å²) in [4.78, 5) is 0. The maximum Gasteiger partial charge on any atom is 0.130 e. The van der Waals surface area contributed by atoms with Crippen LogP contribution in [0.1, 0.15) is 29.8 Å². The van der Waals surface area contributed by atoms with Gasteiger partial charge in [0.15, 0.2) is 0 Å². The molecule has 1 atom stereocenters. The maximum atomic E-state index is 14.1. The Morgan fingerprint density at radius 1 is 1.48 bits per heavy atom. The number of likely N-dealkylation sites (N-methyl/N-ethyl adjacent to an activating group) is 1. The minimum atomic E-state index is -0.221. The molecular formula is C15H18BrClFN3. The third kappa shape index (κ3) is 3.65. The topological polar surface area (TPSA) is 29.9 Å². The Bertz CT molecular complexity index is 642. The van der Waals surface area contributed by atoms with Crippen molar-refractivity contribution in [3.63, 3.8) is 0 Å². The van der Waals surface area contributed by atoms with Gasteiger partial charge < -0.3 is 5.32 Å². The fourth-order valence-corrected chi connectivity index (χ4v) is 3.06. The number of aryl methyl sites for hydroxylation is 2. The van der Waals surface area contributed by atoms with Crippen molar-refractivity contribution in [3.05, 3.63) is 50.5 Å². The first-order valence-electron chi connectivity index (χ1n) is 6.80. The van der Waals surface area contributed by atoms with Crippen LogP contribution in [0, 0.1) is 12.7 Å². The number of hydrogen-bond acceptors (Lipinski definition) is 2. The second-order valence-corrected chi connectivity index (χ2v) is 6.23. The molecule has 1 unspecified atom stereocenters. The highest BCUT2D eigenvalue weighted by atomic mass is 79.9. The van der Waals surface area contributed by atoms with Crippen molar-refractivity contribution in [2.75, 3.05) is 6.54 Å². The Morgan fingerprint density at radius 3 is 2.76 bits per heavy atom. The van der Waals surface area contributed by atoms with Crippen molar-refractivity contribution in [3.8, 4) is 0 Å². The third-order valence-electron chi connectivity index (χ3n) is 3.46. The van der Waals surface area contributed by atoms with Gasteiger partial charge in [0.25, 0.3) is 0 Å². The molecule has 0 amide bonds. The molecule has 1 aromatic heterocycles. The van der Waals surface area contributed by atoms with Gasteiger partial charge >= 0.3 is 0 Å². The molecule has 1 N–H and O–H groups in total. The zero-order valence-corrected chi connectivity index (χ0v) is 14.6. The predicted octanol–water partition coefficient (Wildman–Crippen LogP) is 4.18. The van der Waals surface area contributed by atoms with Gasteiger partial charge in [-0.3, -0.25) is 4.68 Å². The molecule has 1 aromatic carbocycles. The van der Waals surface area contributed by atoms with E-state index in [2.05, 4.69) is 26.3 Å². The zero-order chi connectivity index (χ0) is 15.6. The van der Waals surface area contributed by atoms with Crippen molar-refractivity contribution < 1.29 is 4.39 Å². The van der Waals surface area contributed by atoms with Gasteiger partial charge in [0.05, 0.1) is 5.69 Å². The standard InChI is InChI=1S/C15H18BrClFN3/c1-4-19-14(12-7-10(16)5-6-13(12)18)8-11-9(2)20-21(3)15(11)17/h5-7,14,19H,4,8H2,1-3H3. The van der Waals surface area contributed by atoms with Crippen LogP contribution < -0.4 is 5.32 Å². The van der Waals surface area contributed by atoms with Gasteiger partial charge in [0.1, 0.15) is 11.0 Å². The normalized spacial score (nSPS) is 12.7. The van der Waals surface area contributed by atoms with Gasteiger partial charge in [0.2, 0.25) is 0 Å². The zero-order valence-electron chi connectivity index (χ0n) is 12.3. The van der Waals surface area contributed by atoms with Gasteiger partial charge in [-0.05, 0) is 38.1 Å². The molecule has 6 heteroatoms. The van der Waals surface area contributed by atoms with E-state index in [0.717, 1.165) is 22.3 Å². The van der Waals surface area contributed by atoms with E-state index < -0.39 is 0 Å². The minimum absolute atomic E-state index is 0.145. The Morgan fingerprint density at radius 2 is 2.19 bits per heavy atom. The number of aromatic nitrogens is 2. The molecule has 0 radical (unpaired) electrons. The molecule has 0 aliphatic carbocycles. The Labute approximate surface area is 137 Å². The van der Waals surface area contributed by atoms with Crippen LogP contribution in [-0.2, 0) is 13.5 Å². The molecule has 2 rings (SSSR count). The van der Waals surface area contributed by atoms with Crippen molar-refractivity contribution >= 4 is 27.5 Å². The molecule has 21 heavy (non-hydrogen) atoms. The fourth-order valence-electron chi connectivity index (χ4n) is 2.43. The van der Waals surface area contributed by atoms with Crippen LogP contribution in [0.3, 0.4) is 0 Å². The van der Waals surface area contributed by atoms with E-state index in [-0.39, 0.29) is 11.9 Å². The van der Waals surface area contributed by atoms with E-state index in [4.69, 9.17) is 11.6 Å². The summed E-state index contributed by atoms with van der Waals surface area (Å²) in [6.07, 6.45) is 0.597. The lowest BCUT2D eigenvalue weighted by atomic mass is 9.98. The summed E-state index contributed by atoms with van der Waals surface area (Å²) in [5.74, 6) is -0.221. The Hall–Kier alpha value is -0.910. The molecule has 0 saturated heterocycles. The van der Waals surface area contributed by atoms with E-state index in [1.165, 1.54) is 6.07 Å². The SMILES string of the molecule is CCNC(Cc1c(C)nn(C)c1Cl)c1cc(Br)ccc1F. The van der Waals surface area contributed by atoms with Crippen LogP contribution in [-0.4, -0.2) is 16.3 Å². The number of halogens is 3. The molecule has 3 nitrogen and oxygen atoms in total. The first-order valence-corrected chi connectivity index (χ1v) is 7.97. The van der Waals surface area contributed by atoms with Gasteiger partial charge in [-0.1, -0.05) is 34.5 Å². The summed E-state index contributed by atoms with van der Waals surface area (Å²) in [7, 11) is 1.81. The van der Waals surface area contributed by atoms with Gasteiger partial charge in [-0.25, -0.2) is 4.39 Å². The van der Waals surface area contributed by atoms with Crippen LogP contribution in [0.5, 0.6) is 0 Å². The summed E-state index contributed by atoms with van der Waals surface area (Å²) in [6, 6.07) is 4.83. The minimum Gasteiger partial charge on any atom is -0.310 e. The summed E-state index contributed by atoms with van der Waals surface area (Å²) in [6.45, 7) is 4.66. The highest BCUT2D eigenvalue weighted by Crippen LogP contribution is 2.28. The van der Waals surface area contributed by atoms with Crippen molar-refractivity contribution in [1.82, 2.24) is 15.1 Å². The molecule has 0 aliphatic rings. The van der Waals surface area contributed by atoms with Crippen molar-refractivity contribution in [2.45, 2.75) is 26.3 Å². The number of benzene rings is 1. The second-order valence-electron chi connectivity index (χ2n) is 4.96. The number of nitrogens with zero attached hydrogens (tertiary/aromatic N) is 2. The highest BCUT2D eigenvalue weighted by Gasteiger charge is 2.20. The van der Waals surface area contributed by atoms with Gasteiger partial charge in [0, 0.05) is 28.7 Å². The predicted molar refractivity (Wildman–Crippen MR) is 87.2 cm³/mol. The first kappa shape index (κ1) is 16.5. The molecule has 2 aromatic rings. The number of hydrogen-bond donors (Lipinski definition) is 1. The smallest absolute Gasteiger partial charge is 0.130 e. The van der Waals surface area contributed by atoms with Crippen LogP contribution in [0.2, 0.25) is 5.15 Å². The van der Waals surface area contributed by atoms with E-state index in [9.17, 15) is 4.39 Å². The number of rotatable bonds is 5. The molecule has 0 aliphatic heterocycles. The molecule has 114 valence electrons. The molecule has 0 spiro atoms. The van der Waals surface area contributed by atoms with Crippen LogP contribution in [0.25, 0.3) is 0 Å². The molecular weight excluding hydrogens is 357 g/mol.